The first kappa shape index (κ1) is 24.6. The molecule has 4 heterocycles. The fourth-order valence-corrected chi connectivity index (χ4v) is 5.29. The van der Waals surface area contributed by atoms with Crippen molar-refractivity contribution < 1.29 is 14.7 Å². The van der Waals surface area contributed by atoms with E-state index < -0.39 is 11.4 Å². The third kappa shape index (κ3) is 5.08. The predicted molar refractivity (Wildman–Crippen MR) is 144 cm³/mol. The second-order valence-electron chi connectivity index (χ2n) is 9.20. The summed E-state index contributed by atoms with van der Waals surface area (Å²) < 4.78 is 0.911. The van der Waals surface area contributed by atoms with Gasteiger partial charge in [-0.3, -0.25) is 20.1 Å². The van der Waals surface area contributed by atoms with Crippen molar-refractivity contribution in [3.63, 3.8) is 0 Å². The van der Waals surface area contributed by atoms with Gasteiger partial charge in [0.25, 0.3) is 0 Å². The molecule has 0 saturated carbocycles. The number of thiazole rings is 1. The van der Waals surface area contributed by atoms with E-state index >= 15 is 0 Å². The molecule has 0 unspecified atom stereocenters. The number of rotatable bonds is 6. The topological polar surface area (TPSA) is 133 Å². The molecule has 0 radical (unpaired) electrons. The monoisotopic (exact) mass is 517 g/mol. The van der Waals surface area contributed by atoms with Crippen molar-refractivity contribution >= 4 is 44.5 Å². The quantitative estimate of drug-likeness (QED) is 0.337. The molecule has 1 saturated heterocycles. The number of anilines is 2. The number of carboxylic acids is 1. The Morgan fingerprint density at radius 3 is 2.57 bits per heavy atom. The predicted octanol–water partition coefficient (Wildman–Crippen LogP) is 4.65. The molecule has 0 bridgehead atoms. The normalized spacial score (nSPS) is 14.9. The van der Waals surface area contributed by atoms with Crippen molar-refractivity contribution in [1.82, 2.24) is 25.3 Å². The highest BCUT2D eigenvalue weighted by atomic mass is 32.1. The van der Waals surface area contributed by atoms with Crippen LogP contribution in [0.15, 0.2) is 48.9 Å². The van der Waals surface area contributed by atoms with E-state index in [0.717, 1.165) is 32.9 Å². The van der Waals surface area contributed by atoms with Crippen molar-refractivity contribution in [2.24, 2.45) is 5.41 Å². The molecule has 1 aliphatic heterocycles. The van der Waals surface area contributed by atoms with Crippen LogP contribution in [0, 0.1) is 5.41 Å². The van der Waals surface area contributed by atoms with Crippen LogP contribution >= 0.6 is 11.3 Å². The Kier molecular flexibility index (Phi) is 6.70. The Hall–Kier alpha value is -4.12. The van der Waals surface area contributed by atoms with E-state index in [1.807, 2.05) is 37.3 Å². The summed E-state index contributed by atoms with van der Waals surface area (Å²) >= 11 is 1.39. The lowest BCUT2D eigenvalue weighted by atomic mass is 9.80. The van der Waals surface area contributed by atoms with Crippen LogP contribution < -0.4 is 15.5 Å². The number of aromatic nitrogens is 4. The van der Waals surface area contributed by atoms with Gasteiger partial charge < -0.3 is 15.3 Å². The average Bonchev–Trinajstić information content (AvgIpc) is 3.31. The van der Waals surface area contributed by atoms with Crippen LogP contribution in [0.3, 0.4) is 0 Å². The average molecular weight is 518 g/mol. The zero-order chi connectivity index (χ0) is 26.0. The third-order valence-electron chi connectivity index (χ3n) is 6.63. The van der Waals surface area contributed by atoms with Crippen LogP contribution in [0.4, 0.5) is 15.7 Å². The second-order valence-corrected chi connectivity index (χ2v) is 10.2. The highest BCUT2D eigenvalue weighted by Gasteiger charge is 2.37. The SMILES string of the molecule is CCNC(=O)Nc1nc2cc(-c3cnc(N4CCC(C)(C(=O)O)CC4)cn3)cc(-c3ccccn3)c2s1. The van der Waals surface area contributed by atoms with Crippen LogP contribution in [0.25, 0.3) is 32.7 Å². The maximum atomic E-state index is 12.0. The highest BCUT2D eigenvalue weighted by Crippen LogP contribution is 2.38. The summed E-state index contributed by atoms with van der Waals surface area (Å²) in [6, 6.07) is 9.38. The summed E-state index contributed by atoms with van der Waals surface area (Å²) in [5.74, 6) is -0.0247. The molecule has 1 aliphatic rings. The standard InChI is InChI=1S/C26H27N7O3S/c1-3-27-24(36)32-25-31-19-13-16(12-17(22(19)37-25)18-6-4-5-9-28-18)20-14-30-21(15-29-20)33-10-7-26(2,8-11-33)23(34)35/h4-6,9,12-15H,3,7-8,10-11H2,1-2H3,(H,34,35)(H2,27,31,32,36). The van der Waals surface area contributed by atoms with Gasteiger partial charge in [0.05, 0.1) is 39.4 Å². The van der Waals surface area contributed by atoms with Crippen LogP contribution in [0.2, 0.25) is 0 Å². The lowest BCUT2D eigenvalue weighted by molar-refractivity contribution is -0.149. The number of carboxylic acid groups (broad SMARTS) is 1. The molecule has 5 rings (SSSR count). The first-order valence-corrected chi connectivity index (χ1v) is 12.9. The van der Waals surface area contributed by atoms with Gasteiger partial charge in [0.15, 0.2) is 5.13 Å². The number of carbonyl (C=O) groups is 2. The smallest absolute Gasteiger partial charge is 0.321 e. The van der Waals surface area contributed by atoms with Gasteiger partial charge in [-0.2, -0.15) is 0 Å². The van der Waals surface area contributed by atoms with E-state index in [1.165, 1.54) is 11.3 Å². The van der Waals surface area contributed by atoms with Gasteiger partial charge in [0.1, 0.15) is 5.82 Å². The molecule has 0 spiro atoms. The van der Waals surface area contributed by atoms with Crippen LogP contribution in [-0.2, 0) is 4.79 Å². The van der Waals surface area contributed by atoms with Crippen molar-refractivity contribution in [2.75, 3.05) is 29.9 Å². The van der Waals surface area contributed by atoms with E-state index in [4.69, 9.17) is 0 Å². The Bertz CT molecular complexity index is 1430. The first-order chi connectivity index (χ1) is 17.9. The third-order valence-corrected chi connectivity index (χ3v) is 7.65. The minimum absolute atomic E-state index is 0.302. The molecule has 37 heavy (non-hydrogen) atoms. The maximum Gasteiger partial charge on any atom is 0.321 e. The van der Waals surface area contributed by atoms with Gasteiger partial charge in [-0.15, -0.1) is 0 Å². The number of nitrogens with one attached hydrogen (secondary N) is 2. The number of urea groups is 1. The van der Waals surface area contributed by atoms with Gasteiger partial charge in [0.2, 0.25) is 0 Å². The zero-order valence-corrected chi connectivity index (χ0v) is 21.4. The molecular formula is C26H27N7O3S. The van der Waals surface area contributed by atoms with Crippen molar-refractivity contribution in [1.29, 1.82) is 0 Å². The number of carbonyl (C=O) groups excluding carboxylic acids is 1. The summed E-state index contributed by atoms with van der Waals surface area (Å²) in [4.78, 5) is 44.1. The molecule has 1 fully saturated rings. The minimum atomic E-state index is -0.751. The number of aliphatic carboxylic acids is 1. The van der Waals surface area contributed by atoms with Crippen molar-refractivity contribution in [3.05, 3.63) is 48.9 Å². The zero-order valence-electron chi connectivity index (χ0n) is 20.6. The van der Waals surface area contributed by atoms with Crippen molar-refractivity contribution in [3.8, 4) is 22.5 Å². The summed E-state index contributed by atoms with van der Waals surface area (Å²) in [5, 5.41) is 15.5. The van der Waals surface area contributed by atoms with E-state index in [2.05, 4.69) is 35.5 Å². The van der Waals surface area contributed by atoms with Gasteiger partial charge in [-0.05, 0) is 51.0 Å². The lowest BCUT2D eigenvalue weighted by Gasteiger charge is -2.36. The van der Waals surface area contributed by atoms with Gasteiger partial charge in [-0.1, -0.05) is 17.4 Å². The summed E-state index contributed by atoms with van der Waals surface area (Å²) in [6.07, 6.45) is 6.32. The fourth-order valence-electron chi connectivity index (χ4n) is 4.33. The molecule has 11 heteroatoms. The minimum Gasteiger partial charge on any atom is -0.481 e. The number of hydrogen-bond donors (Lipinski definition) is 3. The summed E-state index contributed by atoms with van der Waals surface area (Å²) in [7, 11) is 0. The van der Waals surface area contributed by atoms with Gasteiger partial charge in [0, 0.05) is 37.0 Å². The molecular weight excluding hydrogens is 490 g/mol. The molecule has 3 aromatic heterocycles. The van der Waals surface area contributed by atoms with Gasteiger partial charge >= 0.3 is 12.0 Å². The van der Waals surface area contributed by atoms with E-state index in [-0.39, 0.29) is 6.03 Å². The molecule has 4 aromatic rings. The van der Waals surface area contributed by atoms with Crippen LogP contribution in [0.1, 0.15) is 26.7 Å². The number of fused-ring (bicyclic) bond motifs is 1. The number of piperidine rings is 1. The maximum absolute atomic E-state index is 12.0. The van der Waals surface area contributed by atoms with Crippen molar-refractivity contribution in [2.45, 2.75) is 26.7 Å². The van der Waals surface area contributed by atoms with E-state index in [0.29, 0.717) is 43.3 Å². The molecule has 0 aliphatic carbocycles. The van der Waals surface area contributed by atoms with Gasteiger partial charge in [-0.25, -0.2) is 14.8 Å². The Labute approximate surface area is 217 Å². The molecule has 10 nitrogen and oxygen atoms in total. The van der Waals surface area contributed by atoms with Crippen LogP contribution in [0.5, 0.6) is 0 Å². The Morgan fingerprint density at radius 2 is 1.92 bits per heavy atom. The van der Waals surface area contributed by atoms with E-state index in [1.54, 1.807) is 25.5 Å². The van der Waals surface area contributed by atoms with Crippen LogP contribution in [-0.4, -0.2) is 56.7 Å². The van der Waals surface area contributed by atoms with E-state index in [9.17, 15) is 14.7 Å². The number of hydrogen-bond acceptors (Lipinski definition) is 8. The molecule has 0 atom stereocenters. The lowest BCUT2D eigenvalue weighted by Crippen LogP contribution is -2.43. The fraction of sp³-hybridized carbons (Fsp3) is 0.308. The number of pyridine rings is 1. The molecule has 1 aromatic carbocycles. The number of amides is 2. The molecule has 190 valence electrons. The molecule has 2 amide bonds. The number of benzene rings is 1. The summed E-state index contributed by atoms with van der Waals surface area (Å²) in [6.45, 7) is 5.41. The first-order valence-electron chi connectivity index (χ1n) is 12.1. The largest absolute Gasteiger partial charge is 0.481 e. The number of nitrogens with zero attached hydrogens (tertiary/aromatic N) is 5. The summed E-state index contributed by atoms with van der Waals surface area (Å²) in [5.41, 5.74) is 3.23. The second kappa shape index (κ2) is 10.1. The highest BCUT2D eigenvalue weighted by molar-refractivity contribution is 7.22. The Balaban J connectivity index is 1.46. The Morgan fingerprint density at radius 1 is 1.11 bits per heavy atom. The molecule has 3 N–H and O–H groups in total.